The van der Waals surface area contributed by atoms with Crippen LogP contribution in [0, 0.1) is 0 Å². The summed E-state index contributed by atoms with van der Waals surface area (Å²) in [5, 5.41) is 3.47. The fourth-order valence-electron chi connectivity index (χ4n) is 2.42. The lowest BCUT2D eigenvalue weighted by atomic mass is 10.0. The van der Waals surface area contributed by atoms with Crippen molar-refractivity contribution in [2.24, 2.45) is 0 Å². The minimum Gasteiger partial charge on any atom is -0.385 e. The van der Waals surface area contributed by atoms with Crippen LogP contribution in [0.1, 0.15) is 24.6 Å². The van der Waals surface area contributed by atoms with Crippen molar-refractivity contribution in [3.05, 3.63) is 42.0 Å². The number of anilines is 1. The Hall–Kier alpha value is -1.77. The minimum absolute atomic E-state index is 1.00. The van der Waals surface area contributed by atoms with Crippen molar-refractivity contribution in [3.63, 3.8) is 0 Å². The maximum absolute atomic E-state index is 4.22. The first-order valence-electron chi connectivity index (χ1n) is 6.27. The fraction of sp³-hybridized carbons (Fsp3) is 0.357. The van der Waals surface area contributed by atoms with Crippen LogP contribution in [0.4, 0.5) is 5.69 Å². The molecule has 1 aromatic carbocycles. The molecule has 0 saturated carbocycles. The van der Waals surface area contributed by atoms with Crippen molar-refractivity contribution in [2.45, 2.75) is 26.2 Å². The van der Waals surface area contributed by atoms with Gasteiger partial charge in [0.1, 0.15) is 0 Å². The van der Waals surface area contributed by atoms with Gasteiger partial charge in [-0.05, 0) is 37.0 Å². The molecule has 2 aromatic rings. The Kier molecular flexibility index (Phi) is 2.59. The molecule has 1 aliphatic rings. The van der Waals surface area contributed by atoms with Gasteiger partial charge in [0.25, 0.3) is 0 Å². The van der Waals surface area contributed by atoms with E-state index in [1.807, 2.05) is 12.5 Å². The number of aryl methyl sites for hydroxylation is 2. The monoisotopic (exact) mass is 227 g/mol. The summed E-state index contributed by atoms with van der Waals surface area (Å²) in [5.74, 6) is 0. The molecule has 17 heavy (non-hydrogen) atoms. The van der Waals surface area contributed by atoms with Crippen LogP contribution in [0.15, 0.2) is 30.7 Å². The standard InChI is InChI=1S/C14H17N3/c1-2-12-9-15-10-17(12)13-6-5-11-4-3-7-16-14(11)8-13/h5-6,8-10,16H,2-4,7H2,1H3. The molecule has 2 heterocycles. The average Bonchev–Trinajstić information content (AvgIpc) is 2.86. The molecular formula is C14H17N3. The number of imidazole rings is 1. The van der Waals surface area contributed by atoms with Gasteiger partial charge >= 0.3 is 0 Å². The zero-order chi connectivity index (χ0) is 11.7. The van der Waals surface area contributed by atoms with Crippen molar-refractivity contribution in [1.29, 1.82) is 0 Å². The first kappa shape index (κ1) is 10.4. The first-order chi connectivity index (χ1) is 8.38. The van der Waals surface area contributed by atoms with E-state index < -0.39 is 0 Å². The van der Waals surface area contributed by atoms with E-state index in [0.717, 1.165) is 13.0 Å². The van der Waals surface area contributed by atoms with Gasteiger partial charge < -0.3 is 9.88 Å². The topological polar surface area (TPSA) is 29.9 Å². The lowest BCUT2D eigenvalue weighted by Crippen LogP contribution is -2.12. The third-order valence-electron chi connectivity index (χ3n) is 3.39. The molecule has 0 aliphatic carbocycles. The molecule has 0 atom stereocenters. The molecule has 1 aromatic heterocycles. The summed E-state index contributed by atoms with van der Waals surface area (Å²) in [5.41, 5.74) is 5.16. The quantitative estimate of drug-likeness (QED) is 0.855. The molecule has 0 bridgehead atoms. The highest BCUT2D eigenvalue weighted by molar-refractivity contribution is 5.58. The molecule has 0 radical (unpaired) electrons. The van der Waals surface area contributed by atoms with Crippen molar-refractivity contribution in [1.82, 2.24) is 9.55 Å². The summed E-state index contributed by atoms with van der Waals surface area (Å²) in [6.45, 7) is 3.24. The number of hydrogen-bond donors (Lipinski definition) is 1. The maximum atomic E-state index is 4.22. The molecule has 0 spiro atoms. The molecule has 3 rings (SSSR count). The number of fused-ring (bicyclic) bond motifs is 1. The number of nitrogens with one attached hydrogen (secondary N) is 1. The van der Waals surface area contributed by atoms with Gasteiger partial charge in [-0.2, -0.15) is 0 Å². The third-order valence-corrected chi connectivity index (χ3v) is 3.39. The van der Waals surface area contributed by atoms with Gasteiger partial charge in [0.2, 0.25) is 0 Å². The van der Waals surface area contributed by atoms with Gasteiger partial charge in [0.05, 0.1) is 6.33 Å². The van der Waals surface area contributed by atoms with Crippen molar-refractivity contribution in [2.75, 3.05) is 11.9 Å². The molecule has 0 unspecified atom stereocenters. The smallest absolute Gasteiger partial charge is 0.0994 e. The van der Waals surface area contributed by atoms with Crippen LogP contribution in [0.5, 0.6) is 0 Å². The molecule has 1 N–H and O–H groups in total. The summed E-state index contributed by atoms with van der Waals surface area (Å²) in [6, 6.07) is 6.65. The molecule has 88 valence electrons. The third kappa shape index (κ3) is 1.82. The summed E-state index contributed by atoms with van der Waals surface area (Å²) < 4.78 is 2.16. The van der Waals surface area contributed by atoms with E-state index in [9.17, 15) is 0 Å². The SMILES string of the molecule is CCc1cncn1-c1ccc2c(c1)NCCC2. The van der Waals surface area contributed by atoms with Crippen molar-refractivity contribution < 1.29 is 0 Å². The van der Waals surface area contributed by atoms with Crippen LogP contribution in [0.2, 0.25) is 0 Å². The lowest BCUT2D eigenvalue weighted by Gasteiger charge is -2.19. The van der Waals surface area contributed by atoms with E-state index in [0.29, 0.717) is 0 Å². The van der Waals surface area contributed by atoms with Crippen LogP contribution in [0.25, 0.3) is 5.69 Å². The fourth-order valence-corrected chi connectivity index (χ4v) is 2.42. The van der Waals surface area contributed by atoms with Gasteiger partial charge in [0, 0.05) is 29.8 Å². The van der Waals surface area contributed by atoms with Crippen LogP contribution < -0.4 is 5.32 Å². The van der Waals surface area contributed by atoms with E-state index in [-0.39, 0.29) is 0 Å². The van der Waals surface area contributed by atoms with Crippen molar-refractivity contribution >= 4 is 5.69 Å². The number of benzene rings is 1. The maximum Gasteiger partial charge on any atom is 0.0994 e. The predicted molar refractivity (Wildman–Crippen MR) is 69.8 cm³/mol. The molecule has 0 amide bonds. The highest BCUT2D eigenvalue weighted by atomic mass is 15.1. The molecule has 3 heteroatoms. The van der Waals surface area contributed by atoms with Gasteiger partial charge in [-0.25, -0.2) is 4.98 Å². The normalized spacial score (nSPS) is 14.2. The molecule has 0 fully saturated rings. The Labute approximate surface area is 101 Å². The highest BCUT2D eigenvalue weighted by Gasteiger charge is 2.10. The van der Waals surface area contributed by atoms with Gasteiger partial charge in [0.15, 0.2) is 0 Å². The number of rotatable bonds is 2. The Morgan fingerprint density at radius 2 is 2.35 bits per heavy atom. The predicted octanol–water partition coefficient (Wildman–Crippen LogP) is 2.79. The second-order valence-corrected chi connectivity index (χ2v) is 4.48. The van der Waals surface area contributed by atoms with Crippen LogP contribution in [-0.2, 0) is 12.8 Å². The largest absolute Gasteiger partial charge is 0.385 e. The number of nitrogens with zero attached hydrogens (tertiary/aromatic N) is 2. The minimum atomic E-state index is 1.00. The van der Waals surface area contributed by atoms with E-state index in [2.05, 4.69) is 40.0 Å². The van der Waals surface area contributed by atoms with Crippen LogP contribution >= 0.6 is 0 Å². The molecule has 1 aliphatic heterocycles. The van der Waals surface area contributed by atoms with E-state index in [4.69, 9.17) is 0 Å². The van der Waals surface area contributed by atoms with Crippen molar-refractivity contribution in [3.8, 4) is 5.69 Å². The van der Waals surface area contributed by atoms with E-state index >= 15 is 0 Å². The highest BCUT2D eigenvalue weighted by Crippen LogP contribution is 2.25. The van der Waals surface area contributed by atoms with Gasteiger partial charge in [-0.3, -0.25) is 0 Å². The van der Waals surface area contributed by atoms with E-state index in [1.54, 1.807) is 0 Å². The van der Waals surface area contributed by atoms with Gasteiger partial charge in [-0.1, -0.05) is 13.0 Å². The molecule has 0 saturated heterocycles. The molecule has 3 nitrogen and oxygen atoms in total. The summed E-state index contributed by atoms with van der Waals surface area (Å²) >= 11 is 0. The van der Waals surface area contributed by atoms with Crippen LogP contribution in [0.3, 0.4) is 0 Å². The average molecular weight is 227 g/mol. The number of aromatic nitrogens is 2. The Morgan fingerprint density at radius 3 is 3.24 bits per heavy atom. The zero-order valence-electron chi connectivity index (χ0n) is 10.1. The first-order valence-corrected chi connectivity index (χ1v) is 6.27. The molecular weight excluding hydrogens is 210 g/mol. The Balaban J connectivity index is 2.04. The van der Waals surface area contributed by atoms with Gasteiger partial charge in [-0.15, -0.1) is 0 Å². The number of hydrogen-bond acceptors (Lipinski definition) is 2. The summed E-state index contributed by atoms with van der Waals surface area (Å²) in [7, 11) is 0. The van der Waals surface area contributed by atoms with Crippen LogP contribution in [-0.4, -0.2) is 16.1 Å². The second-order valence-electron chi connectivity index (χ2n) is 4.48. The summed E-state index contributed by atoms with van der Waals surface area (Å²) in [4.78, 5) is 4.22. The lowest BCUT2D eigenvalue weighted by molar-refractivity contribution is 0.827. The zero-order valence-corrected chi connectivity index (χ0v) is 10.1. The second kappa shape index (κ2) is 4.24. The van der Waals surface area contributed by atoms with E-state index in [1.165, 1.54) is 35.5 Å². The Bertz CT molecular complexity index is 528. The Morgan fingerprint density at radius 1 is 1.41 bits per heavy atom. The summed E-state index contributed by atoms with van der Waals surface area (Å²) in [6.07, 6.45) is 7.26.